The van der Waals surface area contributed by atoms with Crippen LogP contribution < -0.4 is 0 Å². The van der Waals surface area contributed by atoms with Crippen molar-refractivity contribution in [2.75, 3.05) is 26.4 Å². The van der Waals surface area contributed by atoms with Crippen LogP contribution in [-0.2, 0) is 18.8 Å². The van der Waals surface area contributed by atoms with Gasteiger partial charge in [-0.2, -0.15) is 0 Å². The number of carbonyl (C=O) groups is 1. The maximum atomic E-state index is 12.0. The van der Waals surface area contributed by atoms with Crippen LogP contribution in [0.2, 0.25) is 0 Å². The first-order valence-corrected chi connectivity index (χ1v) is 13.0. The molecule has 4 N–H and O–H groups in total. The molecule has 0 aliphatic heterocycles. The molecule has 2 atom stereocenters. The Hall–Kier alpha value is -0.705. The summed E-state index contributed by atoms with van der Waals surface area (Å²) < 4.78 is 15.3. The van der Waals surface area contributed by atoms with Crippen molar-refractivity contribution < 1.29 is 39.2 Å². The first-order chi connectivity index (χ1) is 16.0. The summed E-state index contributed by atoms with van der Waals surface area (Å²) in [6, 6.07) is 0. The molecule has 0 radical (unpaired) electrons. The van der Waals surface area contributed by atoms with Gasteiger partial charge in [-0.25, -0.2) is 0 Å². The average Bonchev–Trinajstić information content (AvgIpc) is 2.82. The van der Waals surface area contributed by atoms with E-state index in [1.54, 1.807) is 0 Å². The van der Waals surface area contributed by atoms with Gasteiger partial charge in [0, 0.05) is 6.42 Å². The number of aliphatic hydroxyl groups is 4. The predicted molar refractivity (Wildman–Crippen MR) is 129 cm³/mol. The van der Waals surface area contributed by atoms with Crippen molar-refractivity contribution in [3.05, 3.63) is 0 Å². The third-order valence-corrected chi connectivity index (χ3v) is 5.48. The van der Waals surface area contributed by atoms with E-state index in [1.807, 2.05) is 0 Å². The van der Waals surface area contributed by atoms with Crippen molar-refractivity contribution in [1.82, 2.24) is 0 Å². The Bertz CT molecular complexity index is 413. The molecule has 2 unspecified atom stereocenters. The molecule has 33 heavy (non-hydrogen) atoms. The minimum Gasteiger partial charge on any atom is -0.485 e. The molecule has 9 heteroatoms. The van der Waals surface area contributed by atoms with Gasteiger partial charge < -0.3 is 34.4 Å². The van der Waals surface area contributed by atoms with Crippen molar-refractivity contribution in [2.45, 2.75) is 122 Å². The van der Waals surface area contributed by atoms with Crippen LogP contribution in [0, 0.1) is 0 Å². The van der Waals surface area contributed by atoms with Gasteiger partial charge in [-0.3, -0.25) is 4.79 Å². The molecule has 0 aliphatic rings. The zero-order valence-electron chi connectivity index (χ0n) is 20.8. The summed E-state index contributed by atoms with van der Waals surface area (Å²) in [5, 5.41) is 36.4. The maximum absolute atomic E-state index is 12.0. The van der Waals surface area contributed by atoms with Crippen LogP contribution in [0.3, 0.4) is 0 Å². The van der Waals surface area contributed by atoms with E-state index in [4.69, 9.17) is 24.2 Å². The normalized spacial score (nSPS) is 13.1. The number of unbranched alkanes of at least 4 members (excludes halogenated alkanes) is 14. The van der Waals surface area contributed by atoms with Crippen LogP contribution >= 0.6 is 0 Å². The molecule has 8 nitrogen and oxygen atoms in total. The lowest BCUT2D eigenvalue weighted by molar-refractivity contribution is -0.138. The number of aliphatic hydroxyl groups excluding tert-OH is 4. The highest BCUT2D eigenvalue weighted by Crippen LogP contribution is 2.14. The molecular formula is C24H49BO8. The summed E-state index contributed by atoms with van der Waals surface area (Å²) in [6.45, 7) is 0.671. The first-order valence-electron chi connectivity index (χ1n) is 13.0. The Morgan fingerprint density at radius 1 is 0.667 bits per heavy atom. The fourth-order valence-electron chi connectivity index (χ4n) is 3.41. The quantitative estimate of drug-likeness (QED) is 0.117. The summed E-state index contributed by atoms with van der Waals surface area (Å²) in [7, 11) is -1.41. The molecule has 0 bridgehead atoms. The fourth-order valence-corrected chi connectivity index (χ4v) is 3.41. The lowest BCUT2D eigenvalue weighted by atomic mass is 10.0. The summed E-state index contributed by atoms with van der Waals surface area (Å²) in [4.78, 5) is 12.0. The van der Waals surface area contributed by atoms with Crippen molar-refractivity contribution >= 4 is 13.3 Å². The molecule has 0 aliphatic carbocycles. The highest BCUT2D eigenvalue weighted by Gasteiger charge is 2.28. The van der Waals surface area contributed by atoms with Gasteiger partial charge in [-0.15, -0.1) is 0 Å². The third kappa shape index (κ3) is 22.8. The lowest BCUT2D eigenvalue weighted by Gasteiger charge is -2.17. The molecule has 0 amide bonds. The second-order valence-electron chi connectivity index (χ2n) is 8.82. The zero-order chi connectivity index (χ0) is 24.6. The number of hydrogen-bond donors (Lipinski definition) is 4. The van der Waals surface area contributed by atoms with E-state index >= 15 is 0 Å². The van der Waals surface area contributed by atoms with Crippen molar-refractivity contribution in [3.8, 4) is 0 Å². The maximum Gasteiger partial charge on any atom is 0.715 e. The van der Waals surface area contributed by atoms with Crippen LogP contribution in [0.1, 0.15) is 110 Å². The Balaban J connectivity index is 3.69. The van der Waals surface area contributed by atoms with Crippen LogP contribution in [0.15, 0.2) is 0 Å². The molecule has 0 aromatic carbocycles. The van der Waals surface area contributed by atoms with Crippen molar-refractivity contribution in [2.24, 2.45) is 0 Å². The van der Waals surface area contributed by atoms with Gasteiger partial charge in [0.1, 0.15) is 0 Å². The molecule has 0 heterocycles. The van der Waals surface area contributed by atoms with Gasteiger partial charge >= 0.3 is 7.32 Å². The third-order valence-electron chi connectivity index (χ3n) is 5.48. The van der Waals surface area contributed by atoms with E-state index in [9.17, 15) is 15.0 Å². The van der Waals surface area contributed by atoms with Gasteiger partial charge in [0.25, 0.3) is 5.97 Å². The Labute approximate surface area is 201 Å². The monoisotopic (exact) mass is 476 g/mol. The van der Waals surface area contributed by atoms with Crippen LogP contribution in [0.25, 0.3) is 0 Å². The van der Waals surface area contributed by atoms with E-state index in [1.165, 1.54) is 77.0 Å². The molecular weight excluding hydrogens is 427 g/mol. The SMILES string of the molecule is CCCCCCCCCCCCCCCCCC(=O)OB(OCC(O)CO)OCC(O)CO. The minimum atomic E-state index is -1.41. The van der Waals surface area contributed by atoms with Gasteiger partial charge in [0.2, 0.25) is 0 Å². The topological polar surface area (TPSA) is 126 Å². The van der Waals surface area contributed by atoms with Gasteiger partial charge in [0.15, 0.2) is 0 Å². The Kier molecular flexibility index (Phi) is 23.9. The van der Waals surface area contributed by atoms with Crippen molar-refractivity contribution in [3.63, 3.8) is 0 Å². The number of rotatable bonds is 25. The van der Waals surface area contributed by atoms with Crippen LogP contribution in [0.5, 0.6) is 0 Å². The molecule has 0 fully saturated rings. The van der Waals surface area contributed by atoms with Crippen LogP contribution in [-0.4, -0.2) is 72.4 Å². The Morgan fingerprint density at radius 3 is 1.39 bits per heavy atom. The second kappa shape index (κ2) is 24.4. The first kappa shape index (κ1) is 32.3. The minimum absolute atomic E-state index is 0.229. The van der Waals surface area contributed by atoms with Gasteiger partial charge in [-0.05, 0) is 6.42 Å². The highest BCUT2D eigenvalue weighted by atomic mass is 16.7. The van der Waals surface area contributed by atoms with Gasteiger partial charge in [-0.1, -0.05) is 96.8 Å². The number of hydrogen-bond acceptors (Lipinski definition) is 8. The summed E-state index contributed by atoms with van der Waals surface area (Å²) in [6.07, 6.45) is 16.7. The predicted octanol–water partition coefficient (Wildman–Crippen LogP) is 3.52. The molecule has 0 aromatic rings. The summed E-state index contributed by atoms with van der Waals surface area (Å²) in [5.41, 5.74) is 0. The summed E-state index contributed by atoms with van der Waals surface area (Å²) in [5.74, 6) is -0.494. The molecule has 0 aromatic heterocycles. The largest absolute Gasteiger partial charge is 0.715 e. The Morgan fingerprint density at radius 2 is 1.03 bits per heavy atom. The zero-order valence-corrected chi connectivity index (χ0v) is 20.8. The second-order valence-corrected chi connectivity index (χ2v) is 8.82. The molecule has 0 spiro atoms. The lowest BCUT2D eigenvalue weighted by Crippen LogP contribution is -2.36. The van der Waals surface area contributed by atoms with E-state index in [2.05, 4.69) is 6.92 Å². The molecule has 0 saturated carbocycles. The van der Waals surface area contributed by atoms with E-state index < -0.39 is 38.7 Å². The van der Waals surface area contributed by atoms with E-state index in [0.717, 1.165) is 12.8 Å². The molecule has 0 rings (SSSR count). The fraction of sp³-hybridized carbons (Fsp3) is 0.958. The highest BCUT2D eigenvalue weighted by molar-refractivity contribution is 6.39. The molecule has 196 valence electrons. The van der Waals surface area contributed by atoms with Crippen LogP contribution in [0.4, 0.5) is 0 Å². The van der Waals surface area contributed by atoms with Gasteiger partial charge in [0.05, 0.1) is 38.6 Å². The van der Waals surface area contributed by atoms with Crippen molar-refractivity contribution in [1.29, 1.82) is 0 Å². The molecule has 0 saturated heterocycles. The standard InChI is InChI=1S/C24H49BO8/c1-2-3-4-5-6-7-8-9-10-11-12-13-14-15-16-17-24(30)33-25(31-20-22(28)18-26)32-21-23(29)19-27/h22-23,26-29H,2-21H2,1H3. The number of carbonyl (C=O) groups excluding carboxylic acids is 1. The smallest absolute Gasteiger partial charge is 0.485 e. The average molecular weight is 476 g/mol. The summed E-state index contributed by atoms with van der Waals surface area (Å²) >= 11 is 0. The van der Waals surface area contributed by atoms with E-state index in [-0.39, 0.29) is 19.6 Å². The van der Waals surface area contributed by atoms with E-state index in [0.29, 0.717) is 6.42 Å².